The van der Waals surface area contributed by atoms with Gasteiger partial charge in [-0.25, -0.2) is 0 Å². The lowest BCUT2D eigenvalue weighted by atomic mass is 10.1. The van der Waals surface area contributed by atoms with Crippen molar-refractivity contribution in [3.05, 3.63) is 129 Å². The number of nitrogens with zero attached hydrogens (tertiary/aromatic N) is 1. The maximum Gasteiger partial charge on any atom is 0.270 e. The summed E-state index contributed by atoms with van der Waals surface area (Å²) in [5.41, 5.74) is 4.19. The number of nitro groups is 1. The molecule has 0 aromatic heterocycles. The van der Waals surface area contributed by atoms with Gasteiger partial charge in [0.15, 0.2) is 0 Å². The van der Waals surface area contributed by atoms with E-state index in [4.69, 9.17) is 0 Å². The largest absolute Gasteiger partial charge is 0.325 e. The number of nitrogens with one attached hydrogen (secondary N) is 2. The zero-order valence-corrected chi connectivity index (χ0v) is 21.1. The number of carbonyl (C=O) groups is 2. The first-order valence-corrected chi connectivity index (χ1v) is 12.4. The van der Waals surface area contributed by atoms with Crippen molar-refractivity contribution in [1.29, 1.82) is 0 Å². The predicted octanol–water partition coefficient (Wildman–Crippen LogP) is 6.94. The van der Waals surface area contributed by atoms with Gasteiger partial charge in [0.25, 0.3) is 11.6 Å². The van der Waals surface area contributed by atoms with Gasteiger partial charge >= 0.3 is 0 Å². The van der Waals surface area contributed by atoms with Gasteiger partial charge in [0.05, 0.1) is 4.92 Å². The minimum Gasteiger partial charge on any atom is -0.325 e. The molecule has 8 heteroatoms. The predicted molar refractivity (Wildman–Crippen MR) is 147 cm³/mol. The van der Waals surface area contributed by atoms with Crippen LogP contribution >= 0.6 is 11.8 Å². The molecule has 0 heterocycles. The van der Waals surface area contributed by atoms with E-state index in [2.05, 4.69) is 10.6 Å². The van der Waals surface area contributed by atoms with E-state index in [9.17, 15) is 19.7 Å². The van der Waals surface area contributed by atoms with Crippen LogP contribution in [0, 0.1) is 24.0 Å². The van der Waals surface area contributed by atoms with Gasteiger partial charge in [-0.2, -0.15) is 0 Å². The van der Waals surface area contributed by atoms with E-state index in [1.165, 1.54) is 36.0 Å². The normalized spacial score (nSPS) is 11.4. The van der Waals surface area contributed by atoms with Crippen LogP contribution in [0.15, 0.2) is 102 Å². The Kier molecular flexibility index (Phi) is 8.00. The van der Waals surface area contributed by atoms with Crippen LogP contribution < -0.4 is 10.6 Å². The molecule has 0 aliphatic heterocycles. The van der Waals surface area contributed by atoms with Gasteiger partial charge in [0, 0.05) is 34.0 Å². The summed E-state index contributed by atoms with van der Waals surface area (Å²) in [6.45, 7) is 3.93. The molecule has 7 nitrogen and oxygen atoms in total. The number of nitro benzene ring substituents is 1. The number of hydrogen-bond acceptors (Lipinski definition) is 5. The molecule has 0 fully saturated rings. The van der Waals surface area contributed by atoms with Crippen molar-refractivity contribution in [1.82, 2.24) is 0 Å². The van der Waals surface area contributed by atoms with E-state index in [0.29, 0.717) is 5.69 Å². The Balaban J connectivity index is 1.55. The van der Waals surface area contributed by atoms with E-state index >= 15 is 0 Å². The third-order valence-corrected chi connectivity index (χ3v) is 6.90. The maximum atomic E-state index is 13.5. The van der Waals surface area contributed by atoms with Crippen LogP contribution in [0.25, 0.3) is 0 Å². The number of rotatable bonds is 8. The van der Waals surface area contributed by atoms with Crippen LogP contribution in [0.1, 0.15) is 32.3 Å². The number of anilines is 2. The van der Waals surface area contributed by atoms with Crippen LogP contribution in [0.5, 0.6) is 0 Å². The molecule has 4 aromatic rings. The fourth-order valence-electron chi connectivity index (χ4n) is 3.72. The van der Waals surface area contributed by atoms with E-state index < -0.39 is 16.1 Å². The fraction of sp³-hybridized carbons (Fsp3) is 0.103. The zero-order chi connectivity index (χ0) is 26.4. The molecule has 2 amide bonds. The maximum absolute atomic E-state index is 13.5. The van der Waals surface area contributed by atoms with Crippen LogP contribution in [-0.4, -0.2) is 16.7 Å². The first kappa shape index (κ1) is 25.7. The molecule has 0 aliphatic rings. The van der Waals surface area contributed by atoms with Gasteiger partial charge in [-0.1, -0.05) is 54.6 Å². The Hall–Kier alpha value is -4.43. The molecular formula is C29H25N3O4S. The van der Waals surface area contributed by atoms with Crippen LogP contribution in [0.2, 0.25) is 0 Å². The molecule has 1 atom stereocenters. The molecule has 4 rings (SSSR count). The monoisotopic (exact) mass is 511 g/mol. The van der Waals surface area contributed by atoms with E-state index in [-0.39, 0.29) is 17.2 Å². The Bertz CT molecular complexity index is 1460. The third kappa shape index (κ3) is 6.62. The second-order valence-corrected chi connectivity index (χ2v) is 9.68. The van der Waals surface area contributed by atoms with Crippen molar-refractivity contribution < 1.29 is 14.5 Å². The van der Waals surface area contributed by atoms with Crippen LogP contribution in [-0.2, 0) is 4.79 Å². The molecule has 186 valence electrons. The average Bonchev–Trinajstić information content (AvgIpc) is 2.90. The summed E-state index contributed by atoms with van der Waals surface area (Å²) in [7, 11) is 0. The van der Waals surface area contributed by atoms with Gasteiger partial charge in [0.2, 0.25) is 5.91 Å². The van der Waals surface area contributed by atoms with Crippen LogP contribution in [0.4, 0.5) is 17.1 Å². The number of carbonyl (C=O) groups excluding carboxylic acids is 2. The Labute approximate surface area is 219 Å². The van der Waals surface area contributed by atoms with Crippen molar-refractivity contribution in [2.45, 2.75) is 24.0 Å². The lowest BCUT2D eigenvalue weighted by Gasteiger charge is -2.19. The minimum absolute atomic E-state index is 0.155. The highest BCUT2D eigenvalue weighted by Crippen LogP contribution is 2.37. The lowest BCUT2D eigenvalue weighted by molar-refractivity contribution is -0.384. The molecule has 2 N–H and O–H groups in total. The second kappa shape index (κ2) is 11.5. The molecule has 37 heavy (non-hydrogen) atoms. The zero-order valence-electron chi connectivity index (χ0n) is 20.3. The average molecular weight is 512 g/mol. The molecule has 1 unspecified atom stereocenters. The Morgan fingerprint density at radius 2 is 1.59 bits per heavy atom. The van der Waals surface area contributed by atoms with Crippen molar-refractivity contribution in [3.63, 3.8) is 0 Å². The molecule has 0 spiro atoms. The summed E-state index contributed by atoms with van der Waals surface area (Å²) in [6, 6.07) is 28.2. The van der Waals surface area contributed by atoms with Crippen molar-refractivity contribution >= 4 is 40.6 Å². The lowest BCUT2D eigenvalue weighted by Crippen LogP contribution is -2.19. The summed E-state index contributed by atoms with van der Waals surface area (Å²) >= 11 is 1.37. The molecule has 0 saturated carbocycles. The molecule has 0 bridgehead atoms. The van der Waals surface area contributed by atoms with Gasteiger partial charge in [-0.15, -0.1) is 11.8 Å². The Morgan fingerprint density at radius 1 is 0.838 bits per heavy atom. The number of hydrogen-bond donors (Lipinski definition) is 2. The number of thioether (sulfide) groups is 1. The van der Waals surface area contributed by atoms with Crippen molar-refractivity contribution in [2.75, 3.05) is 10.6 Å². The fourth-order valence-corrected chi connectivity index (χ4v) is 4.80. The quantitative estimate of drug-likeness (QED) is 0.152. The minimum atomic E-state index is -0.541. The second-order valence-electron chi connectivity index (χ2n) is 8.51. The van der Waals surface area contributed by atoms with E-state index in [1.54, 1.807) is 18.2 Å². The van der Waals surface area contributed by atoms with Gasteiger partial charge in [-0.05, 0) is 60.9 Å². The van der Waals surface area contributed by atoms with E-state index in [1.807, 2.05) is 68.4 Å². The summed E-state index contributed by atoms with van der Waals surface area (Å²) in [6.07, 6.45) is 0. The number of aryl methyl sites for hydroxylation is 2. The van der Waals surface area contributed by atoms with Gasteiger partial charge in [-0.3, -0.25) is 19.7 Å². The van der Waals surface area contributed by atoms with Crippen molar-refractivity contribution in [3.8, 4) is 0 Å². The van der Waals surface area contributed by atoms with E-state index in [0.717, 1.165) is 27.3 Å². The smallest absolute Gasteiger partial charge is 0.270 e. The summed E-state index contributed by atoms with van der Waals surface area (Å²) in [4.78, 5) is 37.5. The molecular weight excluding hydrogens is 486 g/mol. The van der Waals surface area contributed by atoms with Crippen molar-refractivity contribution in [2.24, 2.45) is 0 Å². The summed E-state index contributed by atoms with van der Waals surface area (Å²) in [5.74, 6) is -0.617. The Morgan fingerprint density at radius 3 is 2.35 bits per heavy atom. The summed E-state index contributed by atoms with van der Waals surface area (Å²) < 4.78 is 0. The molecule has 4 aromatic carbocycles. The highest BCUT2D eigenvalue weighted by atomic mass is 32.2. The number of amides is 2. The number of benzene rings is 4. The molecule has 0 saturated heterocycles. The SMILES string of the molecule is Cc1ccc(C)c(NC(=O)C(Sc2cccc(NC(=O)c3cccc([N+](=O)[O-])c3)c2)c2ccccc2)c1. The highest BCUT2D eigenvalue weighted by Gasteiger charge is 2.23. The topological polar surface area (TPSA) is 101 Å². The standard InChI is InChI=1S/C29H25N3O4S/c1-19-14-15-20(2)26(16-19)31-29(34)27(21-8-4-3-5-9-21)37-25-13-7-11-23(18-25)30-28(33)22-10-6-12-24(17-22)32(35)36/h3-18,27H,1-2H3,(H,30,33)(H,31,34). The molecule has 0 radical (unpaired) electrons. The highest BCUT2D eigenvalue weighted by molar-refractivity contribution is 8.00. The first-order chi connectivity index (χ1) is 17.8. The van der Waals surface area contributed by atoms with Crippen LogP contribution in [0.3, 0.4) is 0 Å². The summed E-state index contributed by atoms with van der Waals surface area (Å²) in [5, 5.41) is 16.4. The number of non-ortho nitro benzene ring substituents is 1. The molecule has 0 aliphatic carbocycles. The first-order valence-electron chi connectivity index (χ1n) is 11.6. The van der Waals surface area contributed by atoms with Gasteiger partial charge in [0.1, 0.15) is 5.25 Å². The third-order valence-electron chi connectivity index (χ3n) is 5.66. The van der Waals surface area contributed by atoms with Gasteiger partial charge < -0.3 is 10.6 Å².